The smallest absolute Gasteiger partial charge is 0.141 e. The number of aliphatic hydroxyl groups is 3. The minimum atomic E-state index is -1.13. The predicted octanol–water partition coefficient (Wildman–Crippen LogP) is 4.88. The summed E-state index contributed by atoms with van der Waals surface area (Å²) in [6, 6.07) is 21.6. The summed E-state index contributed by atoms with van der Waals surface area (Å²) in [6.07, 6.45) is 6.24. The molecule has 0 bridgehead atoms. The van der Waals surface area contributed by atoms with Gasteiger partial charge in [-0.25, -0.2) is 0 Å². The Labute approximate surface area is 191 Å². The van der Waals surface area contributed by atoms with Gasteiger partial charge in [-0.2, -0.15) is 0 Å². The van der Waals surface area contributed by atoms with E-state index in [0.717, 1.165) is 22.2 Å². The number of aromatic nitrogens is 2. The number of fused-ring (bicyclic) bond motifs is 1. The standard InChI is InChI=1S/C27H23N3O3/c31-24(23-16-28-15-20-9-5-11-29-27(20)23)13-22-14-25(32)26(33)17-30(22)21-10-4-8-19(12-21)18-6-2-1-3-7-18/h1-12,14-17,24-25,31-33H,13H2. The Balaban J connectivity index is 1.49. The van der Waals surface area contributed by atoms with E-state index in [1.54, 1.807) is 29.6 Å². The summed E-state index contributed by atoms with van der Waals surface area (Å²) in [6.45, 7) is 0. The van der Waals surface area contributed by atoms with E-state index in [1.807, 2.05) is 66.7 Å². The first-order valence-corrected chi connectivity index (χ1v) is 10.7. The van der Waals surface area contributed by atoms with Crippen LogP contribution in [0.2, 0.25) is 0 Å². The maximum atomic E-state index is 11.1. The largest absolute Gasteiger partial charge is 0.508 e. The molecule has 1 aliphatic heterocycles. The van der Waals surface area contributed by atoms with E-state index >= 15 is 0 Å². The van der Waals surface area contributed by atoms with Crippen molar-refractivity contribution in [2.24, 2.45) is 0 Å². The zero-order chi connectivity index (χ0) is 22.8. The molecule has 0 saturated carbocycles. The molecule has 2 aromatic heterocycles. The molecule has 6 heteroatoms. The van der Waals surface area contributed by atoms with Crippen molar-refractivity contribution in [1.29, 1.82) is 0 Å². The van der Waals surface area contributed by atoms with Crippen molar-refractivity contribution in [3.8, 4) is 11.1 Å². The quantitative estimate of drug-likeness (QED) is 0.412. The van der Waals surface area contributed by atoms with Crippen molar-refractivity contribution in [2.75, 3.05) is 4.90 Å². The Morgan fingerprint density at radius 3 is 2.61 bits per heavy atom. The van der Waals surface area contributed by atoms with Crippen LogP contribution in [0.4, 0.5) is 5.69 Å². The minimum absolute atomic E-state index is 0.160. The van der Waals surface area contributed by atoms with Crippen LogP contribution in [0.5, 0.6) is 0 Å². The Morgan fingerprint density at radius 1 is 0.939 bits per heavy atom. The van der Waals surface area contributed by atoms with Gasteiger partial charge >= 0.3 is 0 Å². The summed E-state index contributed by atoms with van der Waals surface area (Å²) in [5, 5.41) is 32.5. The topological polar surface area (TPSA) is 89.7 Å². The van der Waals surface area contributed by atoms with Gasteiger partial charge < -0.3 is 20.2 Å². The van der Waals surface area contributed by atoms with Crippen LogP contribution in [0.25, 0.3) is 22.0 Å². The summed E-state index contributed by atoms with van der Waals surface area (Å²) in [4.78, 5) is 10.4. The molecular weight excluding hydrogens is 414 g/mol. The van der Waals surface area contributed by atoms with E-state index in [0.29, 0.717) is 16.8 Å². The monoisotopic (exact) mass is 437 g/mol. The van der Waals surface area contributed by atoms with Crippen LogP contribution < -0.4 is 4.90 Å². The summed E-state index contributed by atoms with van der Waals surface area (Å²) >= 11 is 0. The first-order chi connectivity index (χ1) is 16.1. The molecule has 0 aliphatic carbocycles. The fourth-order valence-corrected chi connectivity index (χ4v) is 4.09. The van der Waals surface area contributed by atoms with Crippen molar-refractivity contribution in [1.82, 2.24) is 9.97 Å². The van der Waals surface area contributed by atoms with E-state index in [4.69, 9.17) is 0 Å². The normalized spacial score (nSPS) is 16.9. The summed E-state index contributed by atoms with van der Waals surface area (Å²) < 4.78 is 0. The average Bonchev–Trinajstić information content (AvgIpc) is 2.86. The van der Waals surface area contributed by atoms with Crippen LogP contribution in [-0.4, -0.2) is 31.4 Å². The van der Waals surface area contributed by atoms with Crippen LogP contribution in [0.3, 0.4) is 0 Å². The molecule has 6 nitrogen and oxygen atoms in total. The van der Waals surface area contributed by atoms with Crippen LogP contribution >= 0.6 is 0 Å². The SMILES string of the molecule is OC1=CN(c2cccc(-c3ccccc3)c2)C(CC(O)c2cncc3cccnc23)=CC1O. The van der Waals surface area contributed by atoms with Gasteiger partial charge in [-0.15, -0.1) is 0 Å². The summed E-state index contributed by atoms with van der Waals surface area (Å²) in [7, 11) is 0. The second-order valence-corrected chi connectivity index (χ2v) is 7.97. The molecule has 164 valence electrons. The Morgan fingerprint density at radius 2 is 1.76 bits per heavy atom. The zero-order valence-electron chi connectivity index (χ0n) is 17.8. The maximum absolute atomic E-state index is 11.1. The number of hydrogen-bond donors (Lipinski definition) is 3. The van der Waals surface area contributed by atoms with E-state index in [9.17, 15) is 15.3 Å². The van der Waals surface area contributed by atoms with Crippen molar-refractivity contribution in [3.05, 3.63) is 115 Å². The summed E-state index contributed by atoms with van der Waals surface area (Å²) in [5.74, 6) is -0.160. The number of rotatable bonds is 5. The molecular formula is C27H23N3O3. The van der Waals surface area contributed by atoms with Gasteiger partial charge in [0, 0.05) is 53.5 Å². The van der Waals surface area contributed by atoms with Crippen molar-refractivity contribution < 1.29 is 15.3 Å². The number of nitrogens with zero attached hydrogens (tertiary/aromatic N) is 3. The Kier molecular flexibility index (Phi) is 5.60. The molecule has 2 unspecified atom stereocenters. The molecule has 3 heterocycles. The Hall–Kier alpha value is -4.00. The molecule has 2 aromatic carbocycles. The van der Waals surface area contributed by atoms with E-state index < -0.39 is 12.2 Å². The molecule has 1 aliphatic rings. The molecule has 0 spiro atoms. The van der Waals surface area contributed by atoms with Gasteiger partial charge in [0.25, 0.3) is 0 Å². The van der Waals surface area contributed by atoms with Crippen molar-refractivity contribution >= 4 is 16.6 Å². The average molecular weight is 437 g/mol. The number of hydrogen-bond acceptors (Lipinski definition) is 6. The minimum Gasteiger partial charge on any atom is -0.508 e. The highest BCUT2D eigenvalue weighted by molar-refractivity contribution is 5.80. The number of aliphatic hydroxyl groups excluding tert-OH is 3. The lowest BCUT2D eigenvalue weighted by molar-refractivity contribution is 0.171. The molecule has 0 amide bonds. The lowest BCUT2D eigenvalue weighted by atomic mass is 10.00. The second kappa shape index (κ2) is 8.86. The number of benzene rings is 2. The van der Waals surface area contributed by atoms with E-state index in [-0.39, 0.29) is 12.2 Å². The van der Waals surface area contributed by atoms with Gasteiger partial charge in [-0.1, -0.05) is 42.5 Å². The Bertz CT molecular complexity index is 1350. The number of pyridine rings is 2. The van der Waals surface area contributed by atoms with Crippen LogP contribution in [0, 0.1) is 0 Å². The third kappa shape index (κ3) is 4.22. The first kappa shape index (κ1) is 20.9. The van der Waals surface area contributed by atoms with Gasteiger partial charge in [0.2, 0.25) is 0 Å². The lowest BCUT2D eigenvalue weighted by Crippen LogP contribution is -2.26. The van der Waals surface area contributed by atoms with Crippen LogP contribution in [0.1, 0.15) is 18.1 Å². The fourth-order valence-electron chi connectivity index (χ4n) is 4.09. The highest BCUT2D eigenvalue weighted by Crippen LogP contribution is 2.34. The van der Waals surface area contributed by atoms with Gasteiger partial charge in [0.1, 0.15) is 11.9 Å². The predicted molar refractivity (Wildman–Crippen MR) is 128 cm³/mol. The molecule has 0 saturated heterocycles. The maximum Gasteiger partial charge on any atom is 0.141 e. The molecule has 5 rings (SSSR count). The van der Waals surface area contributed by atoms with E-state index in [1.165, 1.54) is 6.20 Å². The number of anilines is 1. The second-order valence-electron chi connectivity index (χ2n) is 7.97. The van der Waals surface area contributed by atoms with Crippen LogP contribution in [-0.2, 0) is 0 Å². The molecule has 2 atom stereocenters. The third-order valence-electron chi connectivity index (χ3n) is 5.76. The lowest BCUT2D eigenvalue weighted by Gasteiger charge is -2.30. The summed E-state index contributed by atoms with van der Waals surface area (Å²) in [5.41, 5.74) is 4.86. The van der Waals surface area contributed by atoms with Gasteiger partial charge in [0.15, 0.2) is 0 Å². The molecule has 4 aromatic rings. The third-order valence-corrected chi connectivity index (χ3v) is 5.76. The zero-order valence-corrected chi connectivity index (χ0v) is 17.8. The van der Waals surface area contributed by atoms with Gasteiger partial charge in [-0.05, 0) is 41.5 Å². The van der Waals surface area contributed by atoms with Gasteiger partial charge in [0.05, 0.1) is 11.6 Å². The first-order valence-electron chi connectivity index (χ1n) is 10.7. The van der Waals surface area contributed by atoms with Crippen LogP contribution in [0.15, 0.2) is 109 Å². The van der Waals surface area contributed by atoms with Crippen molar-refractivity contribution in [2.45, 2.75) is 18.6 Å². The van der Waals surface area contributed by atoms with E-state index in [2.05, 4.69) is 9.97 Å². The molecule has 33 heavy (non-hydrogen) atoms. The fraction of sp³-hybridized carbons (Fsp3) is 0.111. The highest BCUT2D eigenvalue weighted by atomic mass is 16.3. The van der Waals surface area contributed by atoms with Crippen molar-refractivity contribution in [3.63, 3.8) is 0 Å². The highest BCUT2D eigenvalue weighted by Gasteiger charge is 2.25. The molecule has 0 radical (unpaired) electrons. The van der Waals surface area contributed by atoms with Gasteiger partial charge in [-0.3, -0.25) is 9.97 Å². The molecule has 0 fully saturated rings. The molecule has 3 N–H and O–H groups in total.